The van der Waals surface area contributed by atoms with Crippen LogP contribution in [0.5, 0.6) is 0 Å². The summed E-state index contributed by atoms with van der Waals surface area (Å²) >= 11 is 0. The molecular weight excluding hydrogens is 268 g/mol. The summed E-state index contributed by atoms with van der Waals surface area (Å²) in [6, 6.07) is 0. The molecule has 0 radical (unpaired) electrons. The Morgan fingerprint density at radius 3 is 1.55 bits per heavy atom. The van der Waals surface area contributed by atoms with Crippen molar-refractivity contribution in [3.05, 3.63) is 23.8 Å². The van der Waals surface area contributed by atoms with Gasteiger partial charge in [0.15, 0.2) is 12.6 Å². The lowest BCUT2D eigenvalue weighted by Gasteiger charge is -2.13. The second kappa shape index (κ2) is 9.70. The van der Waals surface area contributed by atoms with Gasteiger partial charge in [0.25, 0.3) is 0 Å². The molecule has 4 N–H and O–H groups in total. The van der Waals surface area contributed by atoms with Crippen molar-refractivity contribution in [1.82, 2.24) is 9.97 Å². The Kier molecular flexibility index (Phi) is 8.19. The maximum atomic E-state index is 9.62. The molecule has 0 aliphatic carbocycles. The van der Waals surface area contributed by atoms with E-state index in [9.17, 15) is 10.2 Å². The molecule has 114 valence electrons. The second-order valence-electron chi connectivity index (χ2n) is 3.97. The molecule has 1 aromatic heterocycles. The maximum absolute atomic E-state index is 9.62. The highest BCUT2D eigenvalue weighted by atomic mass is 16.6. The van der Waals surface area contributed by atoms with Crippen molar-refractivity contribution in [1.29, 1.82) is 0 Å². The van der Waals surface area contributed by atoms with Crippen molar-refractivity contribution in [2.45, 2.75) is 25.4 Å². The van der Waals surface area contributed by atoms with Crippen molar-refractivity contribution < 1.29 is 29.9 Å². The molecule has 1 aromatic rings. The van der Waals surface area contributed by atoms with E-state index < -0.39 is 12.6 Å². The molecule has 0 aliphatic heterocycles. The number of ether oxygens (including phenoxy) is 2. The van der Waals surface area contributed by atoms with Crippen molar-refractivity contribution >= 4 is 0 Å². The third-order valence-electron chi connectivity index (χ3n) is 2.35. The number of rotatable bonds is 10. The minimum atomic E-state index is -1.23. The molecule has 1 rings (SSSR count). The van der Waals surface area contributed by atoms with Gasteiger partial charge in [0, 0.05) is 13.2 Å². The van der Waals surface area contributed by atoms with E-state index in [1.807, 2.05) is 0 Å². The van der Waals surface area contributed by atoms with Crippen LogP contribution in [0.15, 0.2) is 12.4 Å². The van der Waals surface area contributed by atoms with Crippen LogP contribution in [0.3, 0.4) is 0 Å². The van der Waals surface area contributed by atoms with E-state index in [2.05, 4.69) is 9.97 Å². The zero-order chi connectivity index (χ0) is 14.8. The molecule has 0 fully saturated rings. The van der Waals surface area contributed by atoms with Gasteiger partial charge in [-0.25, -0.2) is 0 Å². The summed E-state index contributed by atoms with van der Waals surface area (Å²) in [7, 11) is 0. The molecular formula is C12H20N2O6. The Morgan fingerprint density at radius 2 is 1.25 bits per heavy atom. The van der Waals surface area contributed by atoms with Gasteiger partial charge < -0.3 is 29.9 Å². The van der Waals surface area contributed by atoms with E-state index >= 15 is 0 Å². The number of aromatic nitrogens is 2. The van der Waals surface area contributed by atoms with E-state index in [1.165, 1.54) is 12.4 Å². The molecule has 2 unspecified atom stereocenters. The highest BCUT2D eigenvalue weighted by Crippen LogP contribution is 2.14. The first-order valence-corrected chi connectivity index (χ1v) is 6.32. The van der Waals surface area contributed by atoms with E-state index in [0.717, 1.165) is 0 Å². The topological polar surface area (TPSA) is 125 Å². The molecule has 0 saturated carbocycles. The van der Waals surface area contributed by atoms with E-state index in [4.69, 9.17) is 19.7 Å². The van der Waals surface area contributed by atoms with E-state index in [1.54, 1.807) is 0 Å². The molecule has 0 bridgehead atoms. The van der Waals surface area contributed by atoms with E-state index in [-0.39, 0.29) is 37.8 Å². The minimum absolute atomic E-state index is 0.0191. The number of hydrogen-bond acceptors (Lipinski definition) is 8. The first-order chi connectivity index (χ1) is 9.69. The maximum Gasteiger partial charge on any atom is 0.200 e. The largest absolute Gasteiger partial charge is 0.396 e. The fourth-order valence-corrected chi connectivity index (χ4v) is 1.29. The number of nitrogens with zero attached hydrogens (tertiary/aromatic N) is 2. The van der Waals surface area contributed by atoms with Crippen LogP contribution in [0, 0.1) is 0 Å². The molecule has 0 amide bonds. The molecule has 2 atom stereocenters. The first-order valence-electron chi connectivity index (χ1n) is 6.32. The zero-order valence-electron chi connectivity index (χ0n) is 11.1. The SMILES string of the molecule is OCCCOC(O)c1cnc(C(O)OCCCO)cn1. The summed E-state index contributed by atoms with van der Waals surface area (Å²) in [5.41, 5.74) is 0.406. The number of aliphatic hydroxyl groups excluding tert-OH is 4. The van der Waals surface area contributed by atoms with Crippen LogP contribution in [0.25, 0.3) is 0 Å². The van der Waals surface area contributed by atoms with Gasteiger partial charge in [-0.3, -0.25) is 9.97 Å². The summed E-state index contributed by atoms with van der Waals surface area (Å²) in [6.45, 7) is 0.366. The van der Waals surface area contributed by atoms with Crippen LogP contribution in [0.2, 0.25) is 0 Å². The summed E-state index contributed by atoms with van der Waals surface area (Å²) in [4.78, 5) is 7.83. The van der Waals surface area contributed by atoms with Crippen LogP contribution in [-0.4, -0.2) is 56.8 Å². The Labute approximate surface area is 116 Å². The lowest BCUT2D eigenvalue weighted by molar-refractivity contribution is -0.112. The molecule has 0 aromatic carbocycles. The number of aliphatic hydroxyl groups is 4. The van der Waals surface area contributed by atoms with Gasteiger partial charge in [0.2, 0.25) is 0 Å². The normalized spacial score (nSPS) is 14.2. The monoisotopic (exact) mass is 288 g/mol. The first kappa shape index (κ1) is 16.9. The van der Waals surface area contributed by atoms with Crippen molar-refractivity contribution in [3.63, 3.8) is 0 Å². The Morgan fingerprint density at radius 1 is 0.850 bits per heavy atom. The van der Waals surface area contributed by atoms with Gasteiger partial charge >= 0.3 is 0 Å². The fourth-order valence-electron chi connectivity index (χ4n) is 1.29. The average Bonchev–Trinajstić information content (AvgIpc) is 2.47. The van der Waals surface area contributed by atoms with Crippen molar-refractivity contribution in [3.8, 4) is 0 Å². The Hall–Kier alpha value is -1.16. The standard InChI is InChI=1S/C12H20N2O6/c15-3-1-5-19-11(17)9-7-14-10(8-13-9)12(18)20-6-2-4-16/h7-8,11-12,15-18H,1-6H2. The lowest BCUT2D eigenvalue weighted by Crippen LogP contribution is -2.11. The molecule has 8 nitrogen and oxygen atoms in total. The van der Waals surface area contributed by atoms with Crippen LogP contribution in [-0.2, 0) is 9.47 Å². The molecule has 1 heterocycles. The predicted molar refractivity (Wildman–Crippen MR) is 67.3 cm³/mol. The summed E-state index contributed by atoms with van der Waals surface area (Å²) in [6.07, 6.45) is 0.931. The predicted octanol–water partition coefficient (Wildman–Crippen LogP) is -0.744. The fraction of sp³-hybridized carbons (Fsp3) is 0.667. The van der Waals surface area contributed by atoms with Gasteiger partial charge in [-0.1, -0.05) is 0 Å². The Bertz CT molecular complexity index is 326. The van der Waals surface area contributed by atoms with Gasteiger partial charge in [-0.15, -0.1) is 0 Å². The quantitative estimate of drug-likeness (QED) is 0.327. The van der Waals surface area contributed by atoms with Crippen LogP contribution in [0.1, 0.15) is 36.8 Å². The van der Waals surface area contributed by atoms with Crippen LogP contribution in [0.4, 0.5) is 0 Å². The summed E-state index contributed by atoms with van der Waals surface area (Å²) < 4.78 is 10.0. The smallest absolute Gasteiger partial charge is 0.200 e. The summed E-state index contributed by atoms with van der Waals surface area (Å²) in [5.74, 6) is 0. The second-order valence-corrected chi connectivity index (χ2v) is 3.97. The third kappa shape index (κ3) is 5.87. The lowest BCUT2D eigenvalue weighted by atomic mass is 10.4. The van der Waals surface area contributed by atoms with Gasteiger partial charge in [0.1, 0.15) is 11.4 Å². The molecule has 0 spiro atoms. The molecule has 0 saturated heterocycles. The van der Waals surface area contributed by atoms with Crippen molar-refractivity contribution in [2.75, 3.05) is 26.4 Å². The Balaban J connectivity index is 2.46. The minimum Gasteiger partial charge on any atom is -0.396 e. The summed E-state index contributed by atoms with van der Waals surface area (Å²) in [5, 5.41) is 36.4. The highest BCUT2D eigenvalue weighted by Gasteiger charge is 2.13. The molecule has 0 aliphatic rings. The van der Waals surface area contributed by atoms with E-state index in [0.29, 0.717) is 12.8 Å². The average molecular weight is 288 g/mol. The van der Waals surface area contributed by atoms with Crippen molar-refractivity contribution in [2.24, 2.45) is 0 Å². The zero-order valence-corrected chi connectivity index (χ0v) is 11.1. The van der Waals surface area contributed by atoms with Crippen LogP contribution < -0.4 is 0 Å². The van der Waals surface area contributed by atoms with Crippen LogP contribution >= 0.6 is 0 Å². The highest BCUT2D eigenvalue weighted by molar-refractivity contribution is 5.04. The molecule has 20 heavy (non-hydrogen) atoms. The van der Waals surface area contributed by atoms with Gasteiger partial charge in [-0.2, -0.15) is 0 Å². The van der Waals surface area contributed by atoms with Gasteiger partial charge in [0.05, 0.1) is 25.6 Å². The van der Waals surface area contributed by atoms with Gasteiger partial charge in [-0.05, 0) is 12.8 Å². The number of hydrogen-bond donors (Lipinski definition) is 4. The molecule has 8 heteroatoms. The third-order valence-corrected chi connectivity index (χ3v) is 2.35.